The molecule has 3 rings (SSSR count). The Hall–Kier alpha value is -2.08. The van der Waals surface area contributed by atoms with Gasteiger partial charge in [0.2, 0.25) is 5.91 Å². The Morgan fingerprint density at radius 3 is 2.77 bits per heavy atom. The van der Waals surface area contributed by atoms with Crippen molar-refractivity contribution < 1.29 is 19.1 Å². The lowest BCUT2D eigenvalue weighted by Crippen LogP contribution is -2.51. The van der Waals surface area contributed by atoms with Crippen LogP contribution in [0.2, 0.25) is 0 Å². The van der Waals surface area contributed by atoms with Crippen molar-refractivity contribution in [3.8, 4) is 0 Å². The van der Waals surface area contributed by atoms with Gasteiger partial charge in [-0.15, -0.1) is 0 Å². The third-order valence-corrected chi connectivity index (χ3v) is 5.02. The number of carbonyl (C=O) groups is 2. The molecule has 1 N–H and O–H groups in total. The van der Waals surface area contributed by atoms with Crippen LogP contribution in [0.15, 0.2) is 30.3 Å². The summed E-state index contributed by atoms with van der Waals surface area (Å²) in [5.74, 6) is 0.268. The zero-order valence-corrected chi connectivity index (χ0v) is 15.5. The Balaban J connectivity index is 1.58. The highest BCUT2D eigenvalue weighted by molar-refractivity contribution is 5.86. The second kappa shape index (κ2) is 8.54. The van der Waals surface area contributed by atoms with E-state index >= 15 is 0 Å². The summed E-state index contributed by atoms with van der Waals surface area (Å²) in [4.78, 5) is 27.2. The summed E-state index contributed by atoms with van der Waals surface area (Å²) in [5, 5.41) is 2.78. The molecular formula is C20H28N2O4. The maximum atomic E-state index is 13.0. The number of likely N-dealkylation sites (tertiary alicyclic amines) is 1. The molecule has 26 heavy (non-hydrogen) atoms. The average Bonchev–Trinajstić information content (AvgIpc) is 3.23. The van der Waals surface area contributed by atoms with Crippen LogP contribution >= 0.6 is 0 Å². The first-order valence-corrected chi connectivity index (χ1v) is 9.44. The summed E-state index contributed by atoms with van der Waals surface area (Å²) in [5.41, 5.74) is 0.917. The van der Waals surface area contributed by atoms with Gasteiger partial charge in [0, 0.05) is 13.2 Å². The van der Waals surface area contributed by atoms with E-state index in [0.29, 0.717) is 19.6 Å². The van der Waals surface area contributed by atoms with Crippen LogP contribution < -0.4 is 5.32 Å². The number of benzene rings is 1. The highest BCUT2D eigenvalue weighted by Gasteiger charge is 2.43. The number of hydrogen-bond acceptors (Lipinski definition) is 4. The topological polar surface area (TPSA) is 67.9 Å². The Bertz CT molecular complexity index is 619. The van der Waals surface area contributed by atoms with Crippen molar-refractivity contribution in [3.05, 3.63) is 35.9 Å². The number of carbonyl (C=O) groups excluding carboxylic acids is 2. The van der Waals surface area contributed by atoms with E-state index in [4.69, 9.17) is 9.47 Å². The van der Waals surface area contributed by atoms with E-state index in [-0.39, 0.29) is 30.6 Å². The molecular weight excluding hydrogens is 332 g/mol. The van der Waals surface area contributed by atoms with Gasteiger partial charge in [0.1, 0.15) is 12.6 Å². The van der Waals surface area contributed by atoms with Crippen LogP contribution in [-0.4, -0.2) is 48.2 Å². The molecule has 0 bridgehead atoms. The lowest BCUT2D eigenvalue weighted by Gasteiger charge is -2.28. The summed E-state index contributed by atoms with van der Waals surface area (Å²) in [7, 11) is 0. The van der Waals surface area contributed by atoms with Gasteiger partial charge in [0.25, 0.3) is 0 Å². The van der Waals surface area contributed by atoms with Gasteiger partial charge in [-0.05, 0) is 30.7 Å². The monoisotopic (exact) mass is 360 g/mol. The van der Waals surface area contributed by atoms with Crippen LogP contribution in [0.3, 0.4) is 0 Å². The lowest BCUT2D eigenvalue weighted by molar-refractivity contribution is -0.134. The molecule has 2 unspecified atom stereocenters. The minimum Gasteiger partial charge on any atom is -0.445 e. The summed E-state index contributed by atoms with van der Waals surface area (Å²) >= 11 is 0. The van der Waals surface area contributed by atoms with E-state index in [1.807, 2.05) is 49.1 Å². The van der Waals surface area contributed by atoms with Gasteiger partial charge >= 0.3 is 6.09 Å². The van der Waals surface area contributed by atoms with Crippen LogP contribution in [0.25, 0.3) is 0 Å². The first kappa shape index (κ1) is 18.7. The highest BCUT2D eigenvalue weighted by Crippen LogP contribution is 2.30. The van der Waals surface area contributed by atoms with Crippen molar-refractivity contribution in [2.24, 2.45) is 5.92 Å². The van der Waals surface area contributed by atoms with Gasteiger partial charge < -0.3 is 19.7 Å². The van der Waals surface area contributed by atoms with Crippen molar-refractivity contribution in [2.45, 2.75) is 57.9 Å². The van der Waals surface area contributed by atoms with Gasteiger partial charge in [-0.1, -0.05) is 44.2 Å². The molecule has 3 atom stereocenters. The molecule has 0 aromatic heterocycles. The van der Waals surface area contributed by atoms with E-state index in [2.05, 4.69) is 5.32 Å². The zero-order chi connectivity index (χ0) is 18.5. The third kappa shape index (κ3) is 4.55. The predicted molar refractivity (Wildman–Crippen MR) is 97.5 cm³/mol. The quantitative estimate of drug-likeness (QED) is 0.847. The van der Waals surface area contributed by atoms with E-state index in [9.17, 15) is 9.59 Å². The molecule has 6 heteroatoms. The van der Waals surface area contributed by atoms with E-state index in [1.54, 1.807) is 0 Å². The number of nitrogens with zero attached hydrogens (tertiary/aromatic N) is 1. The maximum Gasteiger partial charge on any atom is 0.408 e. The zero-order valence-electron chi connectivity index (χ0n) is 15.5. The molecule has 0 spiro atoms. The number of hydrogen-bond donors (Lipinski definition) is 1. The van der Waals surface area contributed by atoms with E-state index < -0.39 is 12.1 Å². The van der Waals surface area contributed by atoms with Gasteiger partial charge in [0.15, 0.2) is 0 Å². The molecule has 0 saturated carbocycles. The second-order valence-corrected chi connectivity index (χ2v) is 7.47. The summed E-state index contributed by atoms with van der Waals surface area (Å²) in [6.45, 7) is 5.69. The molecule has 2 amide bonds. The number of alkyl carbamates (subject to hydrolysis) is 1. The number of nitrogens with one attached hydrogen (secondary N) is 1. The molecule has 1 aromatic rings. The van der Waals surface area contributed by atoms with Crippen molar-refractivity contribution in [1.82, 2.24) is 10.2 Å². The van der Waals surface area contributed by atoms with E-state index in [0.717, 1.165) is 18.4 Å². The highest BCUT2D eigenvalue weighted by atomic mass is 16.5. The fraction of sp³-hybridized carbons (Fsp3) is 0.600. The number of fused-ring (bicyclic) bond motifs is 1. The number of ether oxygens (including phenoxy) is 2. The molecule has 2 aliphatic rings. The summed E-state index contributed by atoms with van der Waals surface area (Å²) < 4.78 is 11.0. The molecule has 2 fully saturated rings. The predicted octanol–water partition coefficient (Wildman–Crippen LogP) is 2.72. The number of amides is 2. The molecule has 1 aromatic carbocycles. The minimum atomic E-state index is -0.558. The Labute approximate surface area is 154 Å². The Morgan fingerprint density at radius 2 is 2.04 bits per heavy atom. The van der Waals surface area contributed by atoms with Crippen LogP contribution in [0.4, 0.5) is 4.79 Å². The first-order chi connectivity index (χ1) is 12.5. The molecule has 2 saturated heterocycles. The van der Waals surface area contributed by atoms with Crippen LogP contribution in [-0.2, 0) is 20.9 Å². The maximum absolute atomic E-state index is 13.0. The first-order valence-electron chi connectivity index (χ1n) is 9.44. The summed E-state index contributed by atoms with van der Waals surface area (Å²) in [6, 6.07) is 9.10. The van der Waals surface area contributed by atoms with Crippen LogP contribution in [0, 0.1) is 5.92 Å². The Morgan fingerprint density at radius 1 is 1.27 bits per heavy atom. The Kier molecular flexibility index (Phi) is 6.14. The SMILES string of the molecule is CC(C)C[C@H](NC(=O)OCc1ccccc1)C(=O)N1CCC2OCCC21. The fourth-order valence-electron chi connectivity index (χ4n) is 3.78. The molecule has 142 valence electrons. The van der Waals surface area contributed by atoms with E-state index in [1.165, 1.54) is 0 Å². The van der Waals surface area contributed by atoms with Crippen molar-refractivity contribution >= 4 is 12.0 Å². The second-order valence-electron chi connectivity index (χ2n) is 7.47. The van der Waals surface area contributed by atoms with Gasteiger partial charge in [-0.3, -0.25) is 4.79 Å². The van der Waals surface area contributed by atoms with Crippen molar-refractivity contribution in [3.63, 3.8) is 0 Å². The molecule has 2 heterocycles. The molecule has 2 aliphatic heterocycles. The molecule has 0 radical (unpaired) electrons. The fourth-order valence-corrected chi connectivity index (χ4v) is 3.78. The molecule has 6 nitrogen and oxygen atoms in total. The van der Waals surface area contributed by atoms with Crippen LogP contribution in [0.1, 0.15) is 38.7 Å². The van der Waals surface area contributed by atoms with Crippen molar-refractivity contribution in [1.29, 1.82) is 0 Å². The van der Waals surface area contributed by atoms with Gasteiger partial charge in [0.05, 0.1) is 12.1 Å². The normalized spacial score (nSPS) is 23.0. The van der Waals surface area contributed by atoms with Crippen molar-refractivity contribution in [2.75, 3.05) is 13.2 Å². The minimum absolute atomic E-state index is 0.0200. The standard InChI is InChI=1S/C20H28N2O4/c1-14(2)12-16(19(23)22-10-8-18-17(22)9-11-25-18)21-20(24)26-13-15-6-4-3-5-7-15/h3-7,14,16-18H,8-13H2,1-2H3,(H,21,24)/t16-,17?,18?/m0/s1. The van der Waals surface area contributed by atoms with Gasteiger partial charge in [-0.25, -0.2) is 4.79 Å². The third-order valence-electron chi connectivity index (χ3n) is 5.02. The van der Waals surface area contributed by atoms with Crippen LogP contribution in [0.5, 0.6) is 0 Å². The molecule has 0 aliphatic carbocycles. The smallest absolute Gasteiger partial charge is 0.408 e. The average molecular weight is 360 g/mol. The van der Waals surface area contributed by atoms with Gasteiger partial charge in [-0.2, -0.15) is 0 Å². The largest absolute Gasteiger partial charge is 0.445 e. The summed E-state index contributed by atoms with van der Waals surface area (Å²) in [6.07, 6.45) is 1.95. The number of rotatable bonds is 6. The lowest BCUT2D eigenvalue weighted by atomic mass is 10.0.